The standard InChI is InChI=1S/C27H28F3NO3/c1-18(22-11-5-8-19-7-2-3-10-23(19)22)6-4-9-21-17-31(14-15-34-21)20-12-13-25(27(28,29)30)24(16-20)26(32)33/h2-3,5,7-8,10-13,16,18,21H,4,6,9,14-15,17H2,1H3,(H,32,33)/t18-,21?/m0/s1. The predicted molar refractivity (Wildman–Crippen MR) is 127 cm³/mol. The van der Waals surface area contributed by atoms with Crippen molar-refractivity contribution in [1.82, 2.24) is 0 Å². The summed E-state index contributed by atoms with van der Waals surface area (Å²) >= 11 is 0. The first-order valence-corrected chi connectivity index (χ1v) is 11.5. The molecule has 0 radical (unpaired) electrons. The maximum absolute atomic E-state index is 13.2. The summed E-state index contributed by atoms with van der Waals surface area (Å²) in [6.45, 7) is 3.71. The van der Waals surface area contributed by atoms with E-state index in [9.17, 15) is 23.1 Å². The number of halogens is 3. The van der Waals surface area contributed by atoms with Crippen molar-refractivity contribution in [1.29, 1.82) is 0 Å². The van der Waals surface area contributed by atoms with Gasteiger partial charge in [0.05, 0.1) is 23.8 Å². The van der Waals surface area contributed by atoms with Gasteiger partial charge >= 0.3 is 12.1 Å². The van der Waals surface area contributed by atoms with E-state index in [-0.39, 0.29) is 6.10 Å². The average Bonchev–Trinajstić information content (AvgIpc) is 2.83. The molecule has 180 valence electrons. The minimum absolute atomic E-state index is 0.0518. The number of nitrogens with zero attached hydrogens (tertiary/aromatic N) is 1. The van der Waals surface area contributed by atoms with Crippen LogP contribution in [-0.4, -0.2) is 36.9 Å². The third-order valence-corrected chi connectivity index (χ3v) is 6.56. The van der Waals surface area contributed by atoms with Gasteiger partial charge in [0.25, 0.3) is 0 Å². The van der Waals surface area contributed by atoms with Gasteiger partial charge in [0.2, 0.25) is 0 Å². The van der Waals surface area contributed by atoms with Gasteiger partial charge in [0.1, 0.15) is 0 Å². The van der Waals surface area contributed by atoms with Crippen molar-refractivity contribution < 1.29 is 27.8 Å². The third kappa shape index (κ3) is 5.36. The zero-order valence-corrected chi connectivity index (χ0v) is 19.0. The summed E-state index contributed by atoms with van der Waals surface area (Å²) in [6, 6.07) is 18.1. The van der Waals surface area contributed by atoms with Crippen LogP contribution in [0.4, 0.5) is 18.9 Å². The predicted octanol–water partition coefficient (Wildman–Crippen LogP) is 6.74. The first-order chi connectivity index (χ1) is 16.2. The van der Waals surface area contributed by atoms with E-state index in [0.717, 1.165) is 31.4 Å². The molecule has 7 heteroatoms. The number of alkyl halides is 3. The normalized spacial score (nSPS) is 17.6. The zero-order valence-electron chi connectivity index (χ0n) is 19.0. The van der Waals surface area contributed by atoms with Crippen LogP contribution in [0.2, 0.25) is 0 Å². The fourth-order valence-corrected chi connectivity index (χ4v) is 4.77. The van der Waals surface area contributed by atoms with Gasteiger partial charge in [-0.1, -0.05) is 55.8 Å². The number of anilines is 1. The van der Waals surface area contributed by atoms with Crippen LogP contribution in [0.5, 0.6) is 0 Å². The minimum atomic E-state index is -4.71. The SMILES string of the molecule is C[C@@H](CCCC1CN(c2ccc(C(F)(F)F)c(C(=O)O)c2)CCO1)c1cccc2ccccc12. The number of carboxylic acid groups (broad SMARTS) is 1. The summed E-state index contributed by atoms with van der Waals surface area (Å²) in [7, 11) is 0. The first-order valence-electron chi connectivity index (χ1n) is 11.5. The van der Waals surface area contributed by atoms with Crippen LogP contribution in [0.15, 0.2) is 60.7 Å². The summed E-state index contributed by atoms with van der Waals surface area (Å²) in [5, 5.41) is 11.8. The topological polar surface area (TPSA) is 49.8 Å². The number of carbonyl (C=O) groups is 1. The molecular weight excluding hydrogens is 443 g/mol. The number of fused-ring (bicyclic) bond motifs is 1. The Hall–Kier alpha value is -3.06. The van der Waals surface area contributed by atoms with Gasteiger partial charge in [-0.05, 0) is 53.3 Å². The Bertz CT molecular complexity index is 1160. The molecule has 4 nitrogen and oxygen atoms in total. The van der Waals surface area contributed by atoms with E-state index in [1.54, 1.807) is 0 Å². The van der Waals surface area contributed by atoms with Crippen LogP contribution in [0, 0.1) is 0 Å². The molecular formula is C27H28F3NO3. The average molecular weight is 472 g/mol. The number of aromatic carboxylic acids is 1. The summed E-state index contributed by atoms with van der Waals surface area (Å²) < 4.78 is 45.4. The molecule has 1 aliphatic heterocycles. The van der Waals surface area contributed by atoms with Crippen molar-refractivity contribution >= 4 is 22.4 Å². The molecule has 1 aliphatic rings. The Morgan fingerprint density at radius 3 is 2.68 bits per heavy atom. The fourth-order valence-electron chi connectivity index (χ4n) is 4.77. The molecule has 1 fully saturated rings. The maximum Gasteiger partial charge on any atom is 0.417 e. The number of hydrogen-bond donors (Lipinski definition) is 1. The lowest BCUT2D eigenvalue weighted by molar-refractivity contribution is -0.138. The smallest absolute Gasteiger partial charge is 0.417 e. The van der Waals surface area contributed by atoms with Gasteiger partial charge < -0.3 is 14.7 Å². The van der Waals surface area contributed by atoms with Crippen LogP contribution in [0.1, 0.15) is 53.6 Å². The van der Waals surface area contributed by atoms with Crippen molar-refractivity contribution in [2.24, 2.45) is 0 Å². The van der Waals surface area contributed by atoms with Crippen molar-refractivity contribution in [2.45, 2.75) is 44.4 Å². The molecule has 1 N–H and O–H groups in total. The number of hydrogen-bond acceptors (Lipinski definition) is 3. The Kier molecular flexibility index (Phi) is 7.12. The Morgan fingerprint density at radius 2 is 1.91 bits per heavy atom. The highest BCUT2D eigenvalue weighted by molar-refractivity contribution is 5.91. The molecule has 34 heavy (non-hydrogen) atoms. The Labute approximate surface area is 197 Å². The summed E-state index contributed by atoms with van der Waals surface area (Å²) in [4.78, 5) is 13.3. The first kappa shape index (κ1) is 24.1. The van der Waals surface area contributed by atoms with Gasteiger partial charge in [-0.3, -0.25) is 0 Å². The Morgan fingerprint density at radius 1 is 1.15 bits per heavy atom. The second kappa shape index (κ2) is 10.1. The second-order valence-corrected chi connectivity index (χ2v) is 8.87. The van der Waals surface area contributed by atoms with Crippen molar-refractivity contribution in [2.75, 3.05) is 24.6 Å². The van der Waals surface area contributed by atoms with Gasteiger partial charge in [-0.25, -0.2) is 4.79 Å². The van der Waals surface area contributed by atoms with E-state index in [4.69, 9.17) is 4.74 Å². The monoisotopic (exact) mass is 471 g/mol. The molecule has 0 spiro atoms. The van der Waals surface area contributed by atoms with E-state index in [1.807, 2.05) is 11.0 Å². The molecule has 1 unspecified atom stereocenters. The highest BCUT2D eigenvalue weighted by Gasteiger charge is 2.36. The van der Waals surface area contributed by atoms with Gasteiger partial charge in [0.15, 0.2) is 0 Å². The van der Waals surface area contributed by atoms with E-state index in [1.165, 1.54) is 22.4 Å². The zero-order chi connectivity index (χ0) is 24.3. The molecule has 3 aromatic rings. The maximum atomic E-state index is 13.2. The number of ether oxygens (including phenoxy) is 1. The second-order valence-electron chi connectivity index (χ2n) is 8.87. The number of morpholine rings is 1. The summed E-state index contributed by atoms with van der Waals surface area (Å²) in [5.41, 5.74) is -0.0500. The number of benzene rings is 3. The van der Waals surface area contributed by atoms with E-state index >= 15 is 0 Å². The molecule has 1 heterocycles. The van der Waals surface area contributed by atoms with E-state index < -0.39 is 23.3 Å². The molecule has 0 aromatic heterocycles. The van der Waals surface area contributed by atoms with Crippen molar-refractivity contribution in [3.05, 3.63) is 77.4 Å². The van der Waals surface area contributed by atoms with Crippen LogP contribution >= 0.6 is 0 Å². The van der Waals surface area contributed by atoms with Gasteiger partial charge in [-0.2, -0.15) is 13.2 Å². The van der Waals surface area contributed by atoms with Gasteiger partial charge in [-0.15, -0.1) is 0 Å². The fraction of sp³-hybridized carbons (Fsp3) is 0.370. The third-order valence-electron chi connectivity index (χ3n) is 6.56. The molecule has 0 bridgehead atoms. The molecule has 0 amide bonds. The molecule has 1 saturated heterocycles. The summed E-state index contributed by atoms with van der Waals surface area (Å²) in [5.74, 6) is -1.19. The molecule has 0 aliphatic carbocycles. The molecule has 2 atom stereocenters. The van der Waals surface area contributed by atoms with Crippen LogP contribution in [0.3, 0.4) is 0 Å². The lowest BCUT2D eigenvalue weighted by atomic mass is 9.90. The molecule has 3 aromatic carbocycles. The lowest BCUT2D eigenvalue weighted by Gasteiger charge is -2.35. The number of carboxylic acids is 1. The minimum Gasteiger partial charge on any atom is -0.478 e. The van der Waals surface area contributed by atoms with E-state index in [2.05, 4.69) is 43.3 Å². The largest absolute Gasteiger partial charge is 0.478 e. The molecule has 0 saturated carbocycles. The van der Waals surface area contributed by atoms with Crippen molar-refractivity contribution in [3.8, 4) is 0 Å². The van der Waals surface area contributed by atoms with Gasteiger partial charge in [0, 0.05) is 18.8 Å². The van der Waals surface area contributed by atoms with Crippen molar-refractivity contribution in [3.63, 3.8) is 0 Å². The Balaban J connectivity index is 1.38. The highest BCUT2D eigenvalue weighted by atomic mass is 19.4. The summed E-state index contributed by atoms with van der Waals surface area (Å²) in [6.07, 6.45) is -1.98. The lowest BCUT2D eigenvalue weighted by Crippen LogP contribution is -2.42. The highest BCUT2D eigenvalue weighted by Crippen LogP contribution is 2.35. The quantitative estimate of drug-likeness (QED) is 0.415. The van der Waals surface area contributed by atoms with Crippen LogP contribution < -0.4 is 4.90 Å². The van der Waals surface area contributed by atoms with Crippen LogP contribution in [-0.2, 0) is 10.9 Å². The molecule has 4 rings (SSSR count). The van der Waals surface area contributed by atoms with Crippen LogP contribution in [0.25, 0.3) is 10.8 Å². The van der Waals surface area contributed by atoms with E-state index in [0.29, 0.717) is 31.3 Å². The number of rotatable bonds is 7.